The summed E-state index contributed by atoms with van der Waals surface area (Å²) in [7, 11) is 0. The Morgan fingerprint density at radius 1 is 1.04 bits per heavy atom. The fourth-order valence-electron chi connectivity index (χ4n) is 2.01. The average molecular weight is 386 g/mol. The van der Waals surface area contributed by atoms with Gasteiger partial charge in [0.15, 0.2) is 0 Å². The van der Waals surface area contributed by atoms with Crippen molar-refractivity contribution in [2.45, 2.75) is 59.2 Å². The molecule has 1 amide bonds. The molecule has 0 heterocycles. The Bertz CT molecular complexity index is 419. The largest absolute Gasteiger partial charge is 0.379 e. The SMILES string of the molecule is CC(C)C#CCNC(=O)CCOCCOCCOC(N)CCCNC(C)C. The molecule has 7 nitrogen and oxygen atoms in total. The van der Waals surface area contributed by atoms with Crippen LogP contribution < -0.4 is 16.4 Å². The molecule has 158 valence electrons. The fraction of sp³-hybridized carbons (Fsp3) is 0.850. The summed E-state index contributed by atoms with van der Waals surface area (Å²) in [6.45, 7) is 11.9. The van der Waals surface area contributed by atoms with Gasteiger partial charge in [0.25, 0.3) is 0 Å². The smallest absolute Gasteiger partial charge is 0.223 e. The zero-order valence-electron chi connectivity index (χ0n) is 17.5. The second-order valence-electron chi connectivity index (χ2n) is 6.89. The minimum absolute atomic E-state index is 0.0556. The summed E-state index contributed by atoms with van der Waals surface area (Å²) in [4.78, 5) is 11.5. The van der Waals surface area contributed by atoms with Crippen LogP contribution in [-0.4, -0.2) is 64.3 Å². The number of hydrogen-bond donors (Lipinski definition) is 3. The summed E-state index contributed by atoms with van der Waals surface area (Å²) >= 11 is 0. The molecule has 0 saturated heterocycles. The van der Waals surface area contributed by atoms with Gasteiger partial charge < -0.3 is 30.6 Å². The molecule has 7 heteroatoms. The van der Waals surface area contributed by atoms with Crippen molar-refractivity contribution < 1.29 is 19.0 Å². The van der Waals surface area contributed by atoms with E-state index in [4.69, 9.17) is 19.9 Å². The number of carbonyl (C=O) groups is 1. The van der Waals surface area contributed by atoms with E-state index in [0.29, 0.717) is 58.0 Å². The van der Waals surface area contributed by atoms with Crippen molar-refractivity contribution in [1.82, 2.24) is 10.6 Å². The predicted molar refractivity (Wildman–Crippen MR) is 108 cm³/mol. The molecule has 0 aliphatic carbocycles. The van der Waals surface area contributed by atoms with Crippen molar-refractivity contribution in [3.63, 3.8) is 0 Å². The second kappa shape index (κ2) is 18.2. The maximum atomic E-state index is 11.5. The number of carbonyl (C=O) groups excluding carboxylic acids is 1. The summed E-state index contributed by atoms with van der Waals surface area (Å²) < 4.78 is 16.3. The molecule has 4 N–H and O–H groups in total. The minimum atomic E-state index is -0.248. The van der Waals surface area contributed by atoms with Gasteiger partial charge in [-0.05, 0) is 19.4 Å². The lowest BCUT2D eigenvalue weighted by Crippen LogP contribution is -2.29. The topological polar surface area (TPSA) is 94.8 Å². The quantitative estimate of drug-likeness (QED) is 0.210. The van der Waals surface area contributed by atoms with Crippen molar-refractivity contribution in [3.05, 3.63) is 0 Å². The molecule has 0 spiro atoms. The lowest BCUT2D eigenvalue weighted by molar-refractivity contribution is -0.122. The van der Waals surface area contributed by atoms with Gasteiger partial charge in [-0.1, -0.05) is 39.5 Å². The zero-order valence-corrected chi connectivity index (χ0v) is 17.5. The monoisotopic (exact) mass is 385 g/mol. The van der Waals surface area contributed by atoms with E-state index in [-0.39, 0.29) is 12.1 Å². The number of nitrogens with two attached hydrogens (primary N) is 1. The van der Waals surface area contributed by atoms with E-state index < -0.39 is 0 Å². The first-order valence-corrected chi connectivity index (χ1v) is 9.93. The number of nitrogens with one attached hydrogen (secondary N) is 2. The molecular formula is C20H39N3O4. The van der Waals surface area contributed by atoms with E-state index in [0.717, 1.165) is 19.4 Å². The molecule has 0 fully saturated rings. The highest BCUT2D eigenvalue weighted by molar-refractivity contribution is 5.76. The molecule has 1 atom stereocenters. The van der Waals surface area contributed by atoms with E-state index in [1.807, 2.05) is 13.8 Å². The molecule has 27 heavy (non-hydrogen) atoms. The zero-order chi connectivity index (χ0) is 20.3. The van der Waals surface area contributed by atoms with Crippen molar-refractivity contribution in [2.24, 2.45) is 11.7 Å². The van der Waals surface area contributed by atoms with Gasteiger partial charge in [0.2, 0.25) is 5.91 Å². The van der Waals surface area contributed by atoms with Crippen LogP contribution in [0.15, 0.2) is 0 Å². The first-order chi connectivity index (χ1) is 12.9. The van der Waals surface area contributed by atoms with Crippen LogP contribution in [0.2, 0.25) is 0 Å². The van der Waals surface area contributed by atoms with E-state index in [1.165, 1.54) is 0 Å². The van der Waals surface area contributed by atoms with Crippen LogP contribution >= 0.6 is 0 Å². The van der Waals surface area contributed by atoms with E-state index in [9.17, 15) is 4.79 Å². The third-order valence-electron chi connectivity index (χ3n) is 3.39. The van der Waals surface area contributed by atoms with Gasteiger partial charge in [-0.2, -0.15) is 0 Å². The van der Waals surface area contributed by atoms with Gasteiger partial charge in [0.05, 0.1) is 39.6 Å². The molecule has 0 aromatic rings. The molecule has 0 rings (SSSR count). The van der Waals surface area contributed by atoms with Crippen molar-refractivity contribution in [3.8, 4) is 11.8 Å². The fourth-order valence-corrected chi connectivity index (χ4v) is 2.01. The molecule has 0 radical (unpaired) electrons. The predicted octanol–water partition coefficient (Wildman–Crippen LogP) is 1.26. The highest BCUT2D eigenvalue weighted by atomic mass is 16.5. The lowest BCUT2D eigenvalue weighted by Gasteiger charge is -2.14. The van der Waals surface area contributed by atoms with Gasteiger partial charge in [-0.15, -0.1) is 0 Å². The molecule has 1 unspecified atom stereocenters. The Hall–Kier alpha value is -1.17. The first kappa shape index (κ1) is 25.8. The van der Waals surface area contributed by atoms with Gasteiger partial charge in [0, 0.05) is 18.4 Å². The first-order valence-electron chi connectivity index (χ1n) is 9.93. The number of amides is 1. The number of ether oxygens (including phenoxy) is 3. The number of hydrogen-bond acceptors (Lipinski definition) is 6. The van der Waals surface area contributed by atoms with Crippen LogP contribution in [0.1, 0.15) is 47.0 Å². The van der Waals surface area contributed by atoms with Crippen molar-refractivity contribution in [2.75, 3.05) is 46.1 Å². The Morgan fingerprint density at radius 2 is 1.70 bits per heavy atom. The van der Waals surface area contributed by atoms with Gasteiger partial charge in [0.1, 0.15) is 6.23 Å². The third kappa shape index (κ3) is 21.0. The van der Waals surface area contributed by atoms with Crippen LogP contribution in [-0.2, 0) is 19.0 Å². The van der Waals surface area contributed by atoms with E-state index in [2.05, 4.69) is 36.3 Å². The van der Waals surface area contributed by atoms with Crippen LogP contribution in [0, 0.1) is 17.8 Å². The molecule has 0 aromatic carbocycles. The minimum Gasteiger partial charge on any atom is -0.379 e. The summed E-state index contributed by atoms with van der Waals surface area (Å²) in [6.07, 6.45) is 1.90. The van der Waals surface area contributed by atoms with Gasteiger partial charge >= 0.3 is 0 Å². The molecule has 0 aromatic heterocycles. The Balaban J connectivity index is 3.33. The second-order valence-corrected chi connectivity index (χ2v) is 6.89. The summed E-state index contributed by atoms with van der Waals surface area (Å²) in [5, 5.41) is 6.08. The normalized spacial score (nSPS) is 12.1. The van der Waals surface area contributed by atoms with Gasteiger partial charge in [-0.3, -0.25) is 4.79 Å². The van der Waals surface area contributed by atoms with Crippen LogP contribution in [0.25, 0.3) is 0 Å². The molecule has 0 bridgehead atoms. The van der Waals surface area contributed by atoms with Crippen LogP contribution in [0.3, 0.4) is 0 Å². The van der Waals surface area contributed by atoms with Gasteiger partial charge in [-0.25, -0.2) is 0 Å². The maximum absolute atomic E-state index is 11.5. The summed E-state index contributed by atoms with van der Waals surface area (Å²) in [5.41, 5.74) is 5.88. The molecule has 0 aliphatic heterocycles. The lowest BCUT2D eigenvalue weighted by atomic mass is 10.2. The van der Waals surface area contributed by atoms with E-state index in [1.54, 1.807) is 0 Å². The molecule has 0 saturated carbocycles. The summed E-state index contributed by atoms with van der Waals surface area (Å²) in [5.74, 6) is 6.16. The standard InChI is InChI=1S/C20H39N3O4/c1-17(2)7-5-11-23-20(24)9-12-25-13-14-26-15-16-27-19(21)8-6-10-22-18(3)4/h17-19,22H,6,8-16,21H2,1-4H3,(H,23,24). The van der Waals surface area contributed by atoms with Crippen molar-refractivity contribution in [1.29, 1.82) is 0 Å². The third-order valence-corrected chi connectivity index (χ3v) is 3.39. The average Bonchev–Trinajstić information content (AvgIpc) is 2.60. The van der Waals surface area contributed by atoms with Crippen LogP contribution in [0.5, 0.6) is 0 Å². The van der Waals surface area contributed by atoms with E-state index >= 15 is 0 Å². The highest BCUT2D eigenvalue weighted by Gasteiger charge is 2.03. The number of rotatable bonds is 16. The van der Waals surface area contributed by atoms with Crippen LogP contribution in [0.4, 0.5) is 0 Å². The molecule has 0 aliphatic rings. The highest BCUT2D eigenvalue weighted by Crippen LogP contribution is 1.96. The molecular weight excluding hydrogens is 346 g/mol. The maximum Gasteiger partial charge on any atom is 0.223 e. The Labute approximate surface area is 165 Å². The summed E-state index contributed by atoms with van der Waals surface area (Å²) in [6, 6.07) is 0.496. The van der Waals surface area contributed by atoms with Crippen molar-refractivity contribution >= 4 is 5.91 Å². The Morgan fingerprint density at radius 3 is 2.37 bits per heavy atom. The Kier molecular flexibility index (Phi) is 17.4.